The van der Waals surface area contributed by atoms with Gasteiger partial charge >= 0.3 is 0 Å². The number of carbonyl (C=O) groups excluding carboxylic acids is 1. The Labute approximate surface area is 157 Å². The summed E-state index contributed by atoms with van der Waals surface area (Å²) in [7, 11) is 0. The number of amides is 1. The van der Waals surface area contributed by atoms with E-state index in [-0.39, 0.29) is 17.9 Å². The summed E-state index contributed by atoms with van der Waals surface area (Å²) in [6.45, 7) is 2.56. The normalized spacial score (nSPS) is 20.7. The first-order chi connectivity index (χ1) is 12.1. The summed E-state index contributed by atoms with van der Waals surface area (Å²) in [6, 6.07) is 14.8. The van der Waals surface area contributed by atoms with E-state index in [1.165, 1.54) is 0 Å². The molecule has 0 saturated carbocycles. The molecule has 0 spiro atoms. The van der Waals surface area contributed by atoms with Crippen molar-refractivity contribution in [3.05, 3.63) is 69.7 Å². The van der Waals surface area contributed by atoms with Crippen LogP contribution in [0, 0.1) is 0 Å². The minimum Gasteiger partial charge on any atom is -0.374 e. The number of halogens is 2. The van der Waals surface area contributed by atoms with Crippen LogP contribution in [0.4, 0.5) is 0 Å². The van der Waals surface area contributed by atoms with E-state index in [9.17, 15) is 4.79 Å². The molecule has 3 rings (SSSR count). The molecule has 1 saturated heterocycles. The van der Waals surface area contributed by atoms with Gasteiger partial charge in [-0.2, -0.15) is 0 Å². The second-order valence-electron chi connectivity index (χ2n) is 5.97. The highest BCUT2D eigenvalue weighted by molar-refractivity contribution is 6.42. The van der Waals surface area contributed by atoms with E-state index in [1.54, 1.807) is 18.2 Å². The van der Waals surface area contributed by atoms with Crippen molar-refractivity contribution in [3.8, 4) is 0 Å². The molecule has 1 amide bonds. The average molecular weight is 379 g/mol. The molecule has 1 fully saturated rings. The summed E-state index contributed by atoms with van der Waals surface area (Å²) in [5.41, 5.74) is 1.68. The van der Waals surface area contributed by atoms with E-state index in [4.69, 9.17) is 27.9 Å². The monoisotopic (exact) mass is 378 g/mol. The highest BCUT2D eigenvalue weighted by Gasteiger charge is 2.27. The number of hydrogen-bond donors (Lipinski definition) is 2. The van der Waals surface area contributed by atoms with Crippen LogP contribution in [0.5, 0.6) is 0 Å². The van der Waals surface area contributed by atoms with Gasteiger partial charge in [-0.3, -0.25) is 4.79 Å². The molecule has 1 aliphatic rings. The van der Waals surface area contributed by atoms with Gasteiger partial charge in [-0.1, -0.05) is 47.5 Å². The van der Waals surface area contributed by atoms with Gasteiger partial charge in [0.05, 0.1) is 22.8 Å². The summed E-state index contributed by atoms with van der Waals surface area (Å²) in [5, 5.41) is 7.39. The van der Waals surface area contributed by atoms with Crippen molar-refractivity contribution in [2.24, 2.45) is 0 Å². The lowest BCUT2D eigenvalue weighted by Gasteiger charge is -2.25. The Morgan fingerprint density at radius 3 is 2.72 bits per heavy atom. The highest BCUT2D eigenvalue weighted by Crippen LogP contribution is 2.29. The Kier molecular flexibility index (Phi) is 6.32. The third-order valence-electron chi connectivity index (χ3n) is 4.30. The third-order valence-corrected chi connectivity index (χ3v) is 5.03. The molecule has 2 atom stereocenters. The van der Waals surface area contributed by atoms with Gasteiger partial charge in [-0.25, -0.2) is 0 Å². The summed E-state index contributed by atoms with van der Waals surface area (Å²) in [4.78, 5) is 12.3. The zero-order chi connectivity index (χ0) is 17.6. The second-order valence-corrected chi connectivity index (χ2v) is 6.78. The average Bonchev–Trinajstić information content (AvgIpc) is 2.88. The van der Waals surface area contributed by atoms with Crippen LogP contribution >= 0.6 is 23.2 Å². The lowest BCUT2D eigenvalue weighted by atomic mass is 9.93. The number of rotatable bonds is 4. The van der Waals surface area contributed by atoms with E-state index in [0.717, 1.165) is 18.7 Å². The molecule has 0 bridgehead atoms. The third kappa shape index (κ3) is 4.73. The quantitative estimate of drug-likeness (QED) is 0.855. The molecule has 2 aromatic rings. The van der Waals surface area contributed by atoms with Crippen LogP contribution in [0.15, 0.2) is 48.5 Å². The van der Waals surface area contributed by atoms with Crippen molar-refractivity contribution in [1.82, 2.24) is 10.6 Å². The van der Waals surface area contributed by atoms with Crippen molar-refractivity contribution < 1.29 is 9.53 Å². The Bertz CT molecular complexity index is 725. The lowest BCUT2D eigenvalue weighted by Crippen LogP contribution is -2.38. The summed E-state index contributed by atoms with van der Waals surface area (Å²) in [5.74, 6) is -0.0253. The van der Waals surface area contributed by atoms with E-state index in [0.29, 0.717) is 28.8 Å². The van der Waals surface area contributed by atoms with Gasteiger partial charge in [-0.15, -0.1) is 0 Å². The molecular formula is C19H20Cl2N2O2. The molecule has 4 nitrogen and oxygen atoms in total. The van der Waals surface area contributed by atoms with Gasteiger partial charge in [0.1, 0.15) is 0 Å². The van der Waals surface area contributed by atoms with Crippen LogP contribution in [-0.2, 0) is 4.74 Å². The van der Waals surface area contributed by atoms with Gasteiger partial charge in [0.25, 0.3) is 5.91 Å². The number of benzene rings is 2. The minimum atomic E-state index is -0.139. The molecule has 6 heteroatoms. The smallest absolute Gasteiger partial charge is 0.251 e. The minimum absolute atomic E-state index is 0.0772. The van der Waals surface area contributed by atoms with E-state index >= 15 is 0 Å². The fourth-order valence-corrected chi connectivity index (χ4v) is 3.26. The zero-order valence-corrected chi connectivity index (χ0v) is 15.2. The Morgan fingerprint density at radius 2 is 1.96 bits per heavy atom. The van der Waals surface area contributed by atoms with Crippen LogP contribution in [0.1, 0.15) is 21.8 Å². The van der Waals surface area contributed by atoms with Gasteiger partial charge < -0.3 is 15.4 Å². The molecule has 1 aliphatic heterocycles. The topological polar surface area (TPSA) is 50.4 Å². The van der Waals surface area contributed by atoms with Gasteiger partial charge in [-0.05, 0) is 29.8 Å². The van der Waals surface area contributed by atoms with Crippen LogP contribution in [0.2, 0.25) is 10.0 Å². The molecular weight excluding hydrogens is 359 g/mol. The maximum absolute atomic E-state index is 12.3. The van der Waals surface area contributed by atoms with Gasteiger partial charge in [0.15, 0.2) is 0 Å². The standard InChI is InChI=1S/C19H20Cl2N2O2/c20-16-7-6-14(10-17(16)21)15-11-22-8-9-25-18(15)12-23-19(24)13-4-2-1-3-5-13/h1-7,10,15,18,22H,8-9,11-12H2,(H,23,24). The molecule has 1 heterocycles. The van der Waals surface area contributed by atoms with Crippen molar-refractivity contribution in [2.75, 3.05) is 26.2 Å². The predicted octanol–water partition coefficient (Wildman–Crippen LogP) is 3.50. The Morgan fingerprint density at radius 1 is 1.16 bits per heavy atom. The molecule has 2 N–H and O–H groups in total. The van der Waals surface area contributed by atoms with Crippen molar-refractivity contribution in [1.29, 1.82) is 0 Å². The highest BCUT2D eigenvalue weighted by atomic mass is 35.5. The zero-order valence-electron chi connectivity index (χ0n) is 13.7. The molecule has 0 aromatic heterocycles. The molecule has 25 heavy (non-hydrogen) atoms. The van der Waals surface area contributed by atoms with E-state index in [1.807, 2.05) is 30.3 Å². The van der Waals surface area contributed by atoms with Gasteiger partial charge in [0.2, 0.25) is 0 Å². The van der Waals surface area contributed by atoms with Crippen molar-refractivity contribution in [2.45, 2.75) is 12.0 Å². The van der Waals surface area contributed by atoms with Crippen LogP contribution < -0.4 is 10.6 Å². The number of nitrogens with one attached hydrogen (secondary N) is 2. The van der Waals surface area contributed by atoms with Crippen molar-refractivity contribution >= 4 is 29.1 Å². The summed E-state index contributed by atoms with van der Waals surface area (Å²) in [6.07, 6.45) is -0.139. The van der Waals surface area contributed by atoms with Crippen molar-refractivity contribution in [3.63, 3.8) is 0 Å². The first kappa shape index (κ1) is 18.2. The van der Waals surface area contributed by atoms with Crippen LogP contribution in [-0.4, -0.2) is 38.3 Å². The molecule has 132 valence electrons. The fourth-order valence-electron chi connectivity index (χ4n) is 2.95. The maximum atomic E-state index is 12.3. The summed E-state index contributed by atoms with van der Waals surface area (Å²) < 4.78 is 5.97. The SMILES string of the molecule is O=C(NCC1OCCNCC1c1ccc(Cl)c(Cl)c1)c1ccccc1. The largest absolute Gasteiger partial charge is 0.374 e. The molecule has 2 aromatic carbocycles. The van der Waals surface area contributed by atoms with E-state index in [2.05, 4.69) is 10.6 Å². The molecule has 0 aliphatic carbocycles. The first-order valence-corrected chi connectivity index (χ1v) is 9.01. The fraction of sp³-hybridized carbons (Fsp3) is 0.316. The Balaban J connectivity index is 1.72. The first-order valence-electron chi connectivity index (χ1n) is 8.25. The number of hydrogen-bond acceptors (Lipinski definition) is 3. The molecule has 0 radical (unpaired) electrons. The van der Waals surface area contributed by atoms with Crippen LogP contribution in [0.3, 0.4) is 0 Å². The van der Waals surface area contributed by atoms with Gasteiger partial charge in [0, 0.05) is 31.1 Å². The van der Waals surface area contributed by atoms with Crippen LogP contribution in [0.25, 0.3) is 0 Å². The molecule has 2 unspecified atom stereocenters. The lowest BCUT2D eigenvalue weighted by molar-refractivity contribution is 0.0499. The Hall–Kier alpha value is -1.59. The number of ether oxygens (including phenoxy) is 1. The van der Waals surface area contributed by atoms with E-state index < -0.39 is 0 Å². The maximum Gasteiger partial charge on any atom is 0.251 e. The predicted molar refractivity (Wildman–Crippen MR) is 101 cm³/mol. The summed E-state index contributed by atoms with van der Waals surface area (Å²) >= 11 is 12.2. The number of carbonyl (C=O) groups is 1. The second kappa shape index (κ2) is 8.68.